The Kier molecular flexibility index (Phi) is 4.43. The van der Waals surface area contributed by atoms with Gasteiger partial charge in [0, 0.05) is 25.6 Å². The van der Waals surface area contributed by atoms with E-state index in [4.69, 9.17) is 0 Å². The van der Waals surface area contributed by atoms with E-state index >= 15 is 0 Å². The van der Waals surface area contributed by atoms with Gasteiger partial charge in [0.25, 0.3) is 0 Å². The lowest BCUT2D eigenvalue weighted by Gasteiger charge is -2.27. The monoisotopic (exact) mass is 238 g/mol. The third-order valence-electron chi connectivity index (χ3n) is 4.17. The molecule has 1 saturated heterocycles. The van der Waals surface area contributed by atoms with Gasteiger partial charge in [0.05, 0.1) is 0 Å². The molecule has 3 heteroatoms. The zero-order valence-corrected chi connectivity index (χ0v) is 11.2. The lowest BCUT2D eigenvalue weighted by Crippen LogP contribution is -2.44. The van der Waals surface area contributed by atoms with Gasteiger partial charge in [0.1, 0.15) is 0 Å². The summed E-state index contributed by atoms with van der Waals surface area (Å²) in [7, 11) is 0. The Morgan fingerprint density at radius 3 is 2.76 bits per heavy atom. The highest BCUT2D eigenvalue weighted by atomic mass is 16.2. The first kappa shape index (κ1) is 12.9. The van der Waals surface area contributed by atoms with Crippen molar-refractivity contribution in [1.29, 1.82) is 0 Å². The molecule has 0 spiro atoms. The minimum atomic E-state index is 0.373. The second-order valence-electron chi connectivity index (χ2n) is 5.77. The molecule has 0 aromatic carbocycles. The predicted molar refractivity (Wildman–Crippen MR) is 69.8 cm³/mol. The highest BCUT2D eigenvalue weighted by Crippen LogP contribution is 2.33. The molecule has 0 radical (unpaired) electrons. The van der Waals surface area contributed by atoms with Gasteiger partial charge in [0.15, 0.2) is 0 Å². The van der Waals surface area contributed by atoms with Gasteiger partial charge in [-0.3, -0.25) is 4.79 Å². The number of carbonyl (C=O) groups is 1. The topological polar surface area (TPSA) is 32.3 Å². The number of likely N-dealkylation sites (N-methyl/N-ethyl adjacent to an activating group) is 1. The van der Waals surface area contributed by atoms with Crippen LogP contribution < -0.4 is 5.32 Å². The quantitative estimate of drug-likeness (QED) is 0.795. The molecule has 1 amide bonds. The van der Waals surface area contributed by atoms with E-state index < -0.39 is 0 Å². The largest absolute Gasteiger partial charge is 0.341 e. The Balaban J connectivity index is 1.88. The van der Waals surface area contributed by atoms with Crippen LogP contribution in [0.3, 0.4) is 0 Å². The molecular weight excluding hydrogens is 212 g/mol. The number of hydrogen-bond donors (Lipinski definition) is 1. The third kappa shape index (κ3) is 3.70. The zero-order valence-electron chi connectivity index (χ0n) is 11.2. The summed E-state index contributed by atoms with van der Waals surface area (Å²) in [5.74, 6) is 1.91. The van der Waals surface area contributed by atoms with Gasteiger partial charge >= 0.3 is 0 Å². The van der Waals surface area contributed by atoms with E-state index in [9.17, 15) is 4.79 Å². The smallest absolute Gasteiger partial charge is 0.222 e. The third-order valence-corrected chi connectivity index (χ3v) is 4.17. The van der Waals surface area contributed by atoms with Crippen LogP contribution in [0.15, 0.2) is 0 Å². The van der Waals surface area contributed by atoms with Crippen molar-refractivity contribution in [2.75, 3.05) is 19.6 Å². The SMILES string of the molecule is CCNC(CN1CCC(C)CCC1=O)C1CC1. The molecule has 1 heterocycles. The van der Waals surface area contributed by atoms with Gasteiger partial charge in [-0.2, -0.15) is 0 Å². The molecule has 1 aliphatic carbocycles. The number of rotatable bonds is 5. The molecule has 1 N–H and O–H groups in total. The summed E-state index contributed by atoms with van der Waals surface area (Å²) in [6, 6.07) is 0.539. The van der Waals surface area contributed by atoms with Crippen molar-refractivity contribution in [3.05, 3.63) is 0 Å². The van der Waals surface area contributed by atoms with E-state index in [1.54, 1.807) is 0 Å². The second-order valence-corrected chi connectivity index (χ2v) is 5.77. The van der Waals surface area contributed by atoms with Crippen LogP contribution in [-0.4, -0.2) is 36.5 Å². The minimum absolute atomic E-state index is 0.373. The van der Waals surface area contributed by atoms with Gasteiger partial charge in [-0.25, -0.2) is 0 Å². The average Bonchev–Trinajstić information content (AvgIpc) is 3.13. The summed E-state index contributed by atoms with van der Waals surface area (Å²) in [5.41, 5.74) is 0. The summed E-state index contributed by atoms with van der Waals surface area (Å²) < 4.78 is 0. The summed E-state index contributed by atoms with van der Waals surface area (Å²) in [6.07, 6.45) is 5.69. The summed E-state index contributed by atoms with van der Waals surface area (Å²) >= 11 is 0. The van der Waals surface area contributed by atoms with Crippen LogP contribution in [0.25, 0.3) is 0 Å². The van der Waals surface area contributed by atoms with Crippen molar-refractivity contribution in [2.45, 2.75) is 52.0 Å². The highest BCUT2D eigenvalue weighted by molar-refractivity contribution is 5.76. The Labute approximate surface area is 105 Å². The van der Waals surface area contributed by atoms with E-state index in [0.29, 0.717) is 17.9 Å². The first-order chi connectivity index (χ1) is 8.20. The number of nitrogens with one attached hydrogen (secondary N) is 1. The average molecular weight is 238 g/mol. The van der Waals surface area contributed by atoms with Crippen LogP contribution in [-0.2, 0) is 4.79 Å². The summed E-state index contributed by atoms with van der Waals surface area (Å²) in [4.78, 5) is 14.1. The normalized spacial score (nSPS) is 28.0. The lowest BCUT2D eigenvalue weighted by molar-refractivity contribution is -0.131. The Hall–Kier alpha value is -0.570. The highest BCUT2D eigenvalue weighted by Gasteiger charge is 2.33. The molecule has 2 aliphatic rings. The molecule has 98 valence electrons. The standard InChI is InChI=1S/C14H26N2O/c1-3-15-13(12-5-6-12)10-16-9-8-11(2)4-7-14(16)17/h11-13,15H,3-10H2,1-2H3. The van der Waals surface area contributed by atoms with Crippen LogP contribution >= 0.6 is 0 Å². The Morgan fingerprint density at radius 2 is 2.12 bits per heavy atom. The molecule has 3 nitrogen and oxygen atoms in total. The number of amides is 1. The predicted octanol–water partition coefficient (Wildman–Crippen LogP) is 2.02. The van der Waals surface area contributed by atoms with E-state index in [1.807, 2.05) is 0 Å². The van der Waals surface area contributed by atoms with Gasteiger partial charge in [-0.05, 0) is 44.1 Å². The van der Waals surface area contributed by atoms with E-state index in [1.165, 1.54) is 19.3 Å². The zero-order chi connectivity index (χ0) is 12.3. The van der Waals surface area contributed by atoms with Crippen LogP contribution in [0.2, 0.25) is 0 Å². The molecule has 2 unspecified atom stereocenters. The molecule has 1 saturated carbocycles. The maximum Gasteiger partial charge on any atom is 0.222 e. The van der Waals surface area contributed by atoms with Crippen LogP contribution in [0.4, 0.5) is 0 Å². The number of likely N-dealkylation sites (tertiary alicyclic amines) is 1. The molecule has 2 fully saturated rings. The van der Waals surface area contributed by atoms with Gasteiger partial charge < -0.3 is 10.2 Å². The first-order valence-corrected chi connectivity index (χ1v) is 7.22. The molecule has 17 heavy (non-hydrogen) atoms. The van der Waals surface area contributed by atoms with Crippen LogP contribution in [0, 0.1) is 11.8 Å². The van der Waals surface area contributed by atoms with Crippen molar-refractivity contribution in [3.8, 4) is 0 Å². The first-order valence-electron chi connectivity index (χ1n) is 7.22. The number of nitrogens with zero attached hydrogens (tertiary/aromatic N) is 1. The fraction of sp³-hybridized carbons (Fsp3) is 0.929. The fourth-order valence-corrected chi connectivity index (χ4v) is 2.74. The Bertz CT molecular complexity index is 263. The van der Waals surface area contributed by atoms with E-state index in [0.717, 1.165) is 38.4 Å². The maximum atomic E-state index is 12.0. The lowest BCUT2D eigenvalue weighted by atomic mass is 10.0. The summed E-state index contributed by atoms with van der Waals surface area (Å²) in [5, 5.41) is 3.55. The van der Waals surface area contributed by atoms with Crippen molar-refractivity contribution in [2.24, 2.45) is 11.8 Å². The van der Waals surface area contributed by atoms with E-state index in [-0.39, 0.29) is 0 Å². The number of carbonyl (C=O) groups excluding carboxylic acids is 1. The second kappa shape index (κ2) is 5.85. The fourth-order valence-electron chi connectivity index (χ4n) is 2.74. The van der Waals surface area contributed by atoms with Crippen molar-refractivity contribution in [3.63, 3.8) is 0 Å². The summed E-state index contributed by atoms with van der Waals surface area (Å²) in [6.45, 7) is 7.33. The van der Waals surface area contributed by atoms with Crippen molar-refractivity contribution < 1.29 is 4.79 Å². The Morgan fingerprint density at radius 1 is 1.35 bits per heavy atom. The molecule has 0 bridgehead atoms. The molecule has 1 aliphatic heterocycles. The molecule has 0 aromatic rings. The van der Waals surface area contributed by atoms with Gasteiger partial charge in [-0.1, -0.05) is 13.8 Å². The van der Waals surface area contributed by atoms with Gasteiger partial charge in [-0.15, -0.1) is 0 Å². The minimum Gasteiger partial charge on any atom is -0.341 e. The van der Waals surface area contributed by atoms with E-state index in [2.05, 4.69) is 24.1 Å². The molecule has 2 rings (SSSR count). The number of hydrogen-bond acceptors (Lipinski definition) is 2. The molecule has 0 aromatic heterocycles. The van der Waals surface area contributed by atoms with Crippen molar-refractivity contribution in [1.82, 2.24) is 10.2 Å². The molecular formula is C14H26N2O. The maximum absolute atomic E-state index is 12.0. The van der Waals surface area contributed by atoms with Crippen LogP contribution in [0.5, 0.6) is 0 Å². The van der Waals surface area contributed by atoms with Crippen molar-refractivity contribution >= 4 is 5.91 Å². The van der Waals surface area contributed by atoms with Gasteiger partial charge in [0.2, 0.25) is 5.91 Å². The van der Waals surface area contributed by atoms with Crippen LogP contribution in [0.1, 0.15) is 46.0 Å². The molecule has 2 atom stereocenters.